The summed E-state index contributed by atoms with van der Waals surface area (Å²) in [5.41, 5.74) is 1.51. The number of anilines is 1. The Labute approximate surface area is 148 Å². The van der Waals surface area contributed by atoms with Crippen LogP contribution in [0.4, 0.5) is 5.95 Å². The van der Waals surface area contributed by atoms with Crippen LogP contribution in [0.15, 0.2) is 36.7 Å². The van der Waals surface area contributed by atoms with Crippen LogP contribution in [0.3, 0.4) is 0 Å². The molecule has 6 nitrogen and oxygen atoms in total. The molecule has 0 unspecified atom stereocenters. The van der Waals surface area contributed by atoms with E-state index in [9.17, 15) is 4.79 Å². The molecule has 1 saturated carbocycles. The molecule has 1 aliphatic rings. The Morgan fingerprint density at radius 3 is 2.60 bits per heavy atom. The topological polar surface area (TPSA) is 76.1 Å². The number of nitrogens with one attached hydrogen (secondary N) is 2. The molecule has 0 saturated heterocycles. The van der Waals surface area contributed by atoms with Crippen LogP contribution in [0.2, 0.25) is 0 Å². The lowest BCUT2D eigenvalue weighted by molar-refractivity contribution is 0.0927. The predicted molar refractivity (Wildman–Crippen MR) is 96.7 cm³/mol. The normalized spacial score (nSPS) is 14.8. The van der Waals surface area contributed by atoms with Crippen LogP contribution in [0.25, 0.3) is 0 Å². The Kier molecular flexibility index (Phi) is 5.82. The number of methoxy groups -OCH3 is 1. The van der Waals surface area contributed by atoms with Gasteiger partial charge in [0.2, 0.25) is 5.95 Å². The number of ether oxygens (including phenoxy) is 1. The minimum absolute atomic E-state index is 0.0943. The van der Waals surface area contributed by atoms with Crippen molar-refractivity contribution in [3.05, 3.63) is 47.8 Å². The van der Waals surface area contributed by atoms with E-state index in [0.29, 0.717) is 18.1 Å². The summed E-state index contributed by atoms with van der Waals surface area (Å²) in [6, 6.07) is 8.07. The number of hydrogen-bond acceptors (Lipinski definition) is 5. The Balaban J connectivity index is 1.55. The molecule has 1 aliphatic carbocycles. The van der Waals surface area contributed by atoms with Crippen molar-refractivity contribution in [2.24, 2.45) is 0 Å². The fraction of sp³-hybridized carbons (Fsp3) is 0.421. The molecule has 1 aromatic carbocycles. The average Bonchev–Trinajstić information content (AvgIpc) is 2.67. The fourth-order valence-electron chi connectivity index (χ4n) is 3.08. The maximum atomic E-state index is 12.3. The summed E-state index contributed by atoms with van der Waals surface area (Å²) in [6.45, 7) is 0.553. The second kappa shape index (κ2) is 8.46. The maximum Gasteiger partial charge on any atom is 0.254 e. The molecule has 1 amide bonds. The molecular formula is C19H24N4O2. The molecule has 0 atom stereocenters. The van der Waals surface area contributed by atoms with E-state index in [2.05, 4.69) is 20.6 Å². The van der Waals surface area contributed by atoms with Crippen molar-refractivity contribution in [2.45, 2.75) is 44.7 Å². The highest BCUT2D eigenvalue weighted by Gasteiger charge is 2.17. The minimum Gasteiger partial charge on any atom is -0.496 e. The summed E-state index contributed by atoms with van der Waals surface area (Å²) in [7, 11) is 1.65. The van der Waals surface area contributed by atoms with Gasteiger partial charge in [0.05, 0.1) is 12.7 Å². The average molecular weight is 340 g/mol. The van der Waals surface area contributed by atoms with Crippen molar-refractivity contribution < 1.29 is 9.53 Å². The highest BCUT2D eigenvalue weighted by Crippen LogP contribution is 2.19. The van der Waals surface area contributed by atoms with Crippen molar-refractivity contribution in [1.82, 2.24) is 15.3 Å². The van der Waals surface area contributed by atoms with E-state index in [0.717, 1.165) is 24.2 Å². The second-order valence-corrected chi connectivity index (χ2v) is 6.27. The molecular weight excluding hydrogens is 316 g/mol. The lowest BCUT2D eigenvalue weighted by Crippen LogP contribution is -2.36. The van der Waals surface area contributed by atoms with E-state index in [1.807, 2.05) is 24.3 Å². The number of carbonyl (C=O) groups excluding carboxylic acids is 1. The highest BCUT2D eigenvalue weighted by atomic mass is 16.5. The monoisotopic (exact) mass is 340 g/mol. The van der Waals surface area contributed by atoms with Gasteiger partial charge in [-0.25, -0.2) is 9.97 Å². The first-order valence-corrected chi connectivity index (χ1v) is 8.75. The molecule has 2 aromatic rings. The number of nitrogens with zero attached hydrogens (tertiary/aromatic N) is 2. The van der Waals surface area contributed by atoms with E-state index in [-0.39, 0.29) is 11.9 Å². The van der Waals surface area contributed by atoms with Crippen LogP contribution in [-0.4, -0.2) is 29.0 Å². The van der Waals surface area contributed by atoms with Crippen LogP contribution >= 0.6 is 0 Å². The van der Waals surface area contributed by atoms with Crippen molar-refractivity contribution in [3.8, 4) is 5.75 Å². The van der Waals surface area contributed by atoms with E-state index >= 15 is 0 Å². The molecule has 2 N–H and O–H groups in total. The first-order valence-electron chi connectivity index (χ1n) is 8.75. The smallest absolute Gasteiger partial charge is 0.254 e. The number of carbonyl (C=O) groups is 1. The molecule has 0 bridgehead atoms. The summed E-state index contributed by atoms with van der Waals surface area (Å²) >= 11 is 0. The largest absolute Gasteiger partial charge is 0.496 e. The third kappa shape index (κ3) is 4.68. The third-order valence-electron chi connectivity index (χ3n) is 4.48. The quantitative estimate of drug-likeness (QED) is 0.845. The van der Waals surface area contributed by atoms with Crippen molar-refractivity contribution >= 4 is 11.9 Å². The molecule has 1 heterocycles. The van der Waals surface area contributed by atoms with Gasteiger partial charge >= 0.3 is 0 Å². The molecule has 132 valence electrons. The summed E-state index contributed by atoms with van der Waals surface area (Å²) in [5, 5.41) is 6.22. The third-order valence-corrected chi connectivity index (χ3v) is 4.48. The van der Waals surface area contributed by atoms with Gasteiger partial charge < -0.3 is 15.4 Å². The van der Waals surface area contributed by atoms with Crippen LogP contribution in [-0.2, 0) is 6.54 Å². The zero-order valence-electron chi connectivity index (χ0n) is 14.5. The molecule has 3 rings (SSSR count). The van der Waals surface area contributed by atoms with Gasteiger partial charge in [0.25, 0.3) is 5.91 Å². The van der Waals surface area contributed by atoms with Crippen molar-refractivity contribution in [2.75, 3.05) is 12.4 Å². The molecule has 1 fully saturated rings. The summed E-state index contributed by atoms with van der Waals surface area (Å²) in [5.74, 6) is 1.21. The second-order valence-electron chi connectivity index (χ2n) is 6.27. The van der Waals surface area contributed by atoms with Crippen LogP contribution in [0.5, 0.6) is 5.75 Å². The van der Waals surface area contributed by atoms with Crippen molar-refractivity contribution in [3.63, 3.8) is 0 Å². The fourth-order valence-corrected chi connectivity index (χ4v) is 3.08. The molecule has 0 aliphatic heterocycles. The van der Waals surface area contributed by atoms with Crippen molar-refractivity contribution in [1.29, 1.82) is 0 Å². The molecule has 1 aromatic heterocycles. The zero-order valence-corrected chi connectivity index (χ0v) is 14.5. The molecule has 0 radical (unpaired) electrons. The standard InChI is InChI=1S/C19H24N4O2/c1-25-17-10-6-5-7-14(17)11-20-19-21-12-15(13-22-19)18(24)23-16-8-3-2-4-9-16/h5-7,10,12-13,16H,2-4,8-9,11H2,1H3,(H,23,24)(H,20,21,22). The summed E-state index contributed by atoms with van der Waals surface area (Å²) < 4.78 is 5.32. The Morgan fingerprint density at radius 1 is 1.16 bits per heavy atom. The number of aromatic nitrogens is 2. The van der Waals surface area contributed by atoms with E-state index in [1.165, 1.54) is 19.3 Å². The van der Waals surface area contributed by atoms with E-state index in [4.69, 9.17) is 4.74 Å². The van der Waals surface area contributed by atoms with Gasteiger partial charge in [0.1, 0.15) is 5.75 Å². The lowest BCUT2D eigenvalue weighted by atomic mass is 9.95. The minimum atomic E-state index is -0.0943. The number of amides is 1. The number of benzene rings is 1. The number of hydrogen-bond donors (Lipinski definition) is 2. The SMILES string of the molecule is COc1ccccc1CNc1ncc(C(=O)NC2CCCCC2)cn1. The van der Waals surface area contributed by atoms with Crippen LogP contribution < -0.4 is 15.4 Å². The van der Waals surface area contributed by atoms with Gasteiger partial charge in [-0.3, -0.25) is 4.79 Å². The van der Waals surface area contributed by atoms with Crippen LogP contribution in [0, 0.1) is 0 Å². The van der Waals surface area contributed by atoms with Gasteiger partial charge in [0.15, 0.2) is 0 Å². The molecule has 6 heteroatoms. The Bertz CT molecular complexity index is 697. The summed E-state index contributed by atoms with van der Waals surface area (Å²) in [4.78, 5) is 20.7. The number of rotatable bonds is 6. The van der Waals surface area contributed by atoms with Gasteiger partial charge in [0, 0.05) is 30.5 Å². The van der Waals surface area contributed by atoms with E-state index < -0.39 is 0 Å². The lowest BCUT2D eigenvalue weighted by Gasteiger charge is -2.22. The summed E-state index contributed by atoms with van der Waals surface area (Å²) in [6.07, 6.45) is 8.89. The highest BCUT2D eigenvalue weighted by molar-refractivity contribution is 5.93. The van der Waals surface area contributed by atoms with Gasteiger partial charge in [-0.2, -0.15) is 0 Å². The van der Waals surface area contributed by atoms with Gasteiger partial charge in [-0.15, -0.1) is 0 Å². The number of para-hydroxylation sites is 1. The Morgan fingerprint density at radius 2 is 1.88 bits per heavy atom. The molecule has 25 heavy (non-hydrogen) atoms. The van der Waals surface area contributed by atoms with Gasteiger partial charge in [-0.1, -0.05) is 37.5 Å². The Hall–Kier alpha value is -2.63. The first kappa shape index (κ1) is 17.2. The predicted octanol–water partition coefficient (Wildman–Crippen LogP) is 3.16. The molecule has 0 spiro atoms. The zero-order chi connectivity index (χ0) is 17.5. The van der Waals surface area contributed by atoms with Gasteiger partial charge in [-0.05, 0) is 18.9 Å². The van der Waals surface area contributed by atoms with E-state index in [1.54, 1.807) is 19.5 Å². The first-order chi connectivity index (χ1) is 12.3. The maximum absolute atomic E-state index is 12.3. The van der Waals surface area contributed by atoms with Crippen LogP contribution in [0.1, 0.15) is 48.0 Å².